The van der Waals surface area contributed by atoms with Crippen molar-refractivity contribution < 1.29 is 22.7 Å². The number of alkyl halides is 3. The van der Waals surface area contributed by atoms with E-state index in [9.17, 15) is 18.0 Å². The van der Waals surface area contributed by atoms with Crippen LogP contribution in [0.25, 0.3) is 0 Å². The van der Waals surface area contributed by atoms with E-state index in [1.165, 1.54) is 22.3 Å². The van der Waals surface area contributed by atoms with Gasteiger partial charge in [0.25, 0.3) is 5.91 Å². The molecule has 0 unspecified atom stereocenters. The van der Waals surface area contributed by atoms with Gasteiger partial charge in [-0.1, -0.05) is 24.3 Å². The molecule has 3 aromatic rings. The zero-order valence-electron chi connectivity index (χ0n) is 14.9. The Kier molecular flexibility index (Phi) is 5.99. The smallest absolute Gasteiger partial charge is 0.416 e. The number of halogens is 3. The van der Waals surface area contributed by atoms with E-state index in [1.807, 2.05) is 5.38 Å². The van der Waals surface area contributed by atoms with Gasteiger partial charge >= 0.3 is 6.18 Å². The van der Waals surface area contributed by atoms with Crippen LogP contribution in [-0.2, 0) is 19.3 Å². The number of nitrogens with zero attached hydrogens (tertiary/aromatic N) is 2. The molecule has 2 aromatic carbocycles. The number of para-hydroxylation sites is 1. The van der Waals surface area contributed by atoms with Crippen molar-refractivity contribution in [1.29, 1.82) is 0 Å². The minimum absolute atomic E-state index is 0.0448. The molecule has 1 amide bonds. The Morgan fingerprint density at radius 1 is 1.18 bits per heavy atom. The minimum atomic E-state index is -4.42. The van der Waals surface area contributed by atoms with Gasteiger partial charge in [-0.3, -0.25) is 4.79 Å². The van der Waals surface area contributed by atoms with Crippen LogP contribution in [0.15, 0.2) is 59.4 Å². The van der Waals surface area contributed by atoms with E-state index in [0.29, 0.717) is 16.9 Å². The van der Waals surface area contributed by atoms with Gasteiger partial charge in [0.2, 0.25) is 0 Å². The van der Waals surface area contributed by atoms with Gasteiger partial charge in [-0.2, -0.15) is 13.2 Å². The van der Waals surface area contributed by atoms with Crippen molar-refractivity contribution in [2.24, 2.45) is 0 Å². The van der Waals surface area contributed by atoms with Gasteiger partial charge in [0, 0.05) is 19.0 Å². The number of amides is 1. The van der Waals surface area contributed by atoms with Crippen molar-refractivity contribution in [1.82, 2.24) is 9.88 Å². The van der Waals surface area contributed by atoms with Crippen LogP contribution in [-0.4, -0.2) is 22.8 Å². The van der Waals surface area contributed by atoms with E-state index in [-0.39, 0.29) is 19.1 Å². The number of carbonyl (C=O) groups excluding carboxylic acids is 1. The molecule has 0 N–H and O–H groups in total. The molecule has 0 fully saturated rings. The highest BCUT2D eigenvalue weighted by Crippen LogP contribution is 2.30. The molecular weight excluding hydrogens is 389 g/mol. The highest BCUT2D eigenvalue weighted by atomic mass is 32.1. The van der Waals surface area contributed by atoms with Gasteiger partial charge in [-0.15, -0.1) is 11.3 Å². The van der Waals surface area contributed by atoms with Crippen molar-refractivity contribution in [3.8, 4) is 5.75 Å². The molecule has 4 nitrogen and oxygen atoms in total. The second kappa shape index (κ2) is 8.43. The molecule has 0 radical (unpaired) electrons. The standard InChI is InChI=1S/C20H17F3N2O2S/c1-25(10-14-5-4-6-15(9-14)20(21,22)23)19(26)17-7-2-3-8-18(17)27-11-16-12-28-13-24-16/h2-9,12-13H,10-11H2,1H3. The van der Waals surface area contributed by atoms with Crippen LogP contribution in [0.1, 0.15) is 27.2 Å². The zero-order valence-corrected chi connectivity index (χ0v) is 15.8. The first-order valence-electron chi connectivity index (χ1n) is 8.35. The number of rotatable bonds is 6. The molecule has 0 saturated heterocycles. The van der Waals surface area contributed by atoms with Crippen LogP contribution in [0, 0.1) is 0 Å². The number of benzene rings is 2. The summed E-state index contributed by atoms with van der Waals surface area (Å²) in [5.74, 6) is 0.0580. The number of ether oxygens (including phenoxy) is 1. The van der Waals surface area contributed by atoms with E-state index in [4.69, 9.17) is 4.74 Å². The molecule has 0 saturated carbocycles. The van der Waals surface area contributed by atoms with Crippen LogP contribution in [0.3, 0.4) is 0 Å². The molecule has 0 bridgehead atoms. The predicted molar refractivity (Wildman–Crippen MR) is 100 cm³/mol. The predicted octanol–water partition coefficient (Wildman–Crippen LogP) is 5.01. The van der Waals surface area contributed by atoms with Gasteiger partial charge in [0.1, 0.15) is 12.4 Å². The zero-order chi connectivity index (χ0) is 20.1. The third-order valence-corrected chi connectivity index (χ3v) is 4.63. The quantitative estimate of drug-likeness (QED) is 0.578. The Morgan fingerprint density at radius 3 is 2.68 bits per heavy atom. The SMILES string of the molecule is CN(Cc1cccc(C(F)(F)F)c1)C(=O)c1ccccc1OCc1cscn1. The maximum absolute atomic E-state index is 12.9. The Hall–Kier alpha value is -2.87. The van der Waals surface area contributed by atoms with Crippen LogP contribution in [0.5, 0.6) is 5.75 Å². The first kappa shape index (κ1) is 19.9. The molecule has 3 rings (SSSR count). The Balaban J connectivity index is 1.73. The molecule has 0 aliphatic heterocycles. The first-order chi connectivity index (χ1) is 13.3. The Bertz CT molecular complexity index is 943. The number of carbonyl (C=O) groups is 1. The summed E-state index contributed by atoms with van der Waals surface area (Å²) in [6.07, 6.45) is -4.42. The molecule has 1 heterocycles. The fraction of sp³-hybridized carbons (Fsp3) is 0.200. The third-order valence-electron chi connectivity index (χ3n) is 4.00. The third kappa shape index (κ3) is 4.89. The fourth-order valence-electron chi connectivity index (χ4n) is 2.63. The highest BCUT2D eigenvalue weighted by molar-refractivity contribution is 7.07. The summed E-state index contributed by atoms with van der Waals surface area (Å²) in [7, 11) is 1.54. The van der Waals surface area contributed by atoms with E-state index in [2.05, 4.69) is 4.98 Å². The van der Waals surface area contributed by atoms with Crippen LogP contribution < -0.4 is 4.74 Å². The van der Waals surface area contributed by atoms with E-state index >= 15 is 0 Å². The molecule has 0 aliphatic carbocycles. The lowest BCUT2D eigenvalue weighted by molar-refractivity contribution is -0.137. The largest absolute Gasteiger partial charge is 0.486 e. The van der Waals surface area contributed by atoms with Crippen molar-refractivity contribution in [3.63, 3.8) is 0 Å². The lowest BCUT2D eigenvalue weighted by Crippen LogP contribution is -2.26. The Labute approximate surface area is 164 Å². The lowest BCUT2D eigenvalue weighted by Gasteiger charge is -2.20. The summed E-state index contributed by atoms with van der Waals surface area (Å²) in [5, 5.41) is 1.85. The van der Waals surface area contributed by atoms with Crippen molar-refractivity contribution in [3.05, 3.63) is 81.8 Å². The molecule has 8 heteroatoms. The van der Waals surface area contributed by atoms with Gasteiger partial charge in [-0.25, -0.2) is 4.98 Å². The average Bonchev–Trinajstić information content (AvgIpc) is 3.19. The topological polar surface area (TPSA) is 42.4 Å². The van der Waals surface area contributed by atoms with Gasteiger partial charge in [0.05, 0.1) is 22.3 Å². The van der Waals surface area contributed by atoms with Crippen molar-refractivity contribution in [2.45, 2.75) is 19.3 Å². The van der Waals surface area contributed by atoms with Crippen LogP contribution in [0.2, 0.25) is 0 Å². The van der Waals surface area contributed by atoms with Crippen LogP contribution in [0.4, 0.5) is 13.2 Å². The summed E-state index contributed by atoms with van der Waals surface area (Å²) < 4.78 is 44.4. The maximum Gasteiger partial charge on any atom is 0.416 e. The molecule has 0 spiro atoms. The van der Waals surface area contributed by atoms with Crippen molar-refractivity contribution in [2.75, 3.05) is 7.05 Å². The molecule has 0 atom stereocenters. The normalized spacial score (nSPS) is 11.3. The van der Waals surface area contributed by atoms with Gasteiger partial charge in [-0.05, 0) is 29.8 Å². The molecule has 28 heavy (non-hydrogen) atoms. The average molecular weight is 406 g/mol. The summed E-state index contributed by atoms with van der Waals surface area (Å²) in [6.45, 7) is 0.272. The minimum Gasteiger partial charge on any atom is -0.486 e. The number of aromatic nitrogens is 1. The first-order valence-corrected chi connectivity index (χ1v) is 9.29. The second-order valence-corrected chi connectivity index (χ2v) is 6.84. The maximum atomic E-state index is 12.9. The molecule has 0 aliphatic rings. The summed E-state index contributed by atoms with van der Waals surface area (Å²) in [4.78, 5) is 18.3. The van der Waals surface area contributed by atoms with Gasteiger partial charge < -0.3 is 9.64 Å². The highest BCUT2D eigenvalue weighted by Gasteiger charge is 2.30. The van der Waals surface area contributed by atoms with Crippen LogP contribution >= 0.6 is 11.3 Å². The van der Waals surface area contributed by atoms with E-state index in [1.54, 1.807) is 42.9 Å². The second-order valence-electron chi connectivity index (χ2n) is 6.12. The number of hydrogen-bond acceptors (Lipinski definition) is 4. The fourth-order valence-corrected chi connectivity index (χ4v) is 3.17. The lowest BCUT2D eigenvalue weighted by atomic mass is 10.1. The molecular formula is C20H17F3N2O2S. The number of thiazole rings is 1. The molecule has 146 valence electrons. The summed E-state index contributed by atoms with van der Waals surface area (Å²) >= 11 is 1.45. The van der Waals surface area contributed by atoms with Crippen molar-refractivity contribution >= 4 is 17.2 Å². The van der Waals surface area contributed by atoms with E-state index < -0.39 is 11.7 Å². The van der Waals surface area contributed by atoms with Gasteiger partial charge in [0.15, 0.2) is 0 Å². The van der Waals surface area contributed by atoms with E-state index in [0.717, 1.165) is 17.8 Å². The molecule has 1 aromatic heterocycles. The summed E-state index contributed by atoms with van der Waals surface area (Å²) in [6, 6.07) is 11.7. The Morgan fingerprint density at radius 2 is 1.96 bits per heavy atom. The number of hydrogen-bond donors (Lipinski definition) is 0. The monoisotopic (exact) mass is 406 g/mol. The summed E-state index contributed by atoms with van der Waals surface area (Å²) in [5.41, 5.74) is 2.44.